The van der Waals surface area contributed by atoms with E-state index in [1.165, 1.54) is 0 Å². The first-order chi connectivity index (χ1) is 10.6. The minimum Gasteiger partial charge on any atom is -0.492 e. The van der Waals surface area contributed by atoms with Crippen LogP contribution >= 0.6 is 0 Å². The number of hydrogen-bond donors (Lipinski definition) is 1. The summed E-state index contributed by atoms with van der Waals surface area (Å²) in [6, 6.07) is 3.75. The Hall–Kier alpha value is -1.79. The van der Waals surface area contributed by atoms with Crippen molar-refractivity contribution in [2.75, 3.05) is 38.9 Å². The highest BCUT2D eigenvalue weighted by atomic mass is 16.5. The molecule has 0 aliphatic carbocycles. The van der Waals surface area contributed by atoms with Crippen LogP contribution in [0.25, 0.3) is 0 Å². The molecule has 122 valence electrons. The van der Waals surface area contributed by atoms with Crippen LogP contribution in [0.3, 0.4) is 0 Å². The zero-order valence-electron chi connectivity index (χ0n) is 13.3. The Morgan fingerprint density at radius 2 is 2.23 bits per heavy atom. The van der Waals surface area contributed by atoms with E-state index < -0.39 is 0 Å². The van der Waals surface area contributed by atoms with Gasteiger partial charge in [0.25, 0.3) is 0 Å². The van der Waals surface area contributed by atoms with E-state index in [0.717, 1.165) is 17.7 Å². The number of amides is 1. The third-order valence-electron chi connectivity index (χ3n) is 3.24. The lowest BCUT2D eigenvalue weighted by Crippen LogP contribution is -2.20. The molecule has 0 spiro atoms. The average molecular weight is 309 g/mol. The molecular weight excluding hydrogens is 286 g/mol. The fraction of sp³-hybridized carbons (Fsp3) is 0.562. The number of nitrogens with one attached hydrogen (secondary N) is 1. The summed E-state index contributed by atoms with van der Waals surface area (Å²) in [5.41, 5.74) is 1.71. The molecule has 1 amide bonds. The van der Waals surface area contributed by atoms with Crippen molar-refractivity contribution in [1.82, 2.24) is 0 Å². The molecule has 2 rings (SSSR count). The Bertz CT molecular complexity index is 518. The van der Waals surface area contributed by atoms with Gasteiger partial charge in [-0.25, -0.2) is 0 Å². The number of ether oxygens (including phenoxy) is 4. The van der Waals surface area contributed by atoms with Crippen LogP contribution < -0.4 is 14.8 Å². The highest BCUT2D eigenvalue weighted by molar-refractivity contribution is 5.93. The quantitative estimate of drug-likeness (QED) is 0.744. The minimum absolute atomic E-state index is 0.0245. The van der Waals surface area contributed by atoms with E-state index in [-0.39, 0.29) is 18.6 Å². The highest BCUT2D eigenvalue weighted by Gasteiger charge is 2.22. The van der Waals surface area contributed by atoms with E-state index in [0.29, 0.717) is 31.3 Å². The van der Waals surface area contributed by atoms with E-state index in [9.17, 15) is 4.79 Å². The summed E-state index contributed by atoms with van der Waals surface area (Å²) in [5.74, 6) is 1.22. The van der Waals surface area contributed by atoms with E-state index in [1.54, 1.807) is 7.11 Å². The molecule has 0 saturated heterocycles. The fourth-order valence-electron chi connectivity index (χ4n) is 2.31. The van der Waals surface area contributed by atoms with Crippen LogP contribution in [0.4, 0.5) is 5.69 Å². The molecule has 0 aromatic heterocycles. The van der Waals surface area contributed by atoms with Gasteiger partial charge in [-0.05, 0) is 19.9 Å². The van der Waals surface area contributed by atoms with Crippen molar-refractivity contribution in [3.8, 4) is 11.5 Å². The first-order valence-corrected chi connectivity index (χ1v) is 7.47. The molecule has 22 heavy (non-hydrogen) atoms. The van der Waals surface area contributed by atoms with E-state index >= 15 is 0 Å². The van der Waals surface area contributed by atoms with Gasteiger partial charge in [0.15, 0.2) is 0 Å². The van der Waals surface area contributed by atoms with Crippen LogP contribution in [0.2, 0.25) is 0 Å². The molecule has 1 aromatic carbocycles. The van der Waals surface area contributed by atoms with E-state index in [4.69, 9.17) is 18.9 Å². The van der Waals surface area contributed by atoms with Crippen LogP contribution in [0, 0.1) is 0 Å². The van der Waals surface area contributed by atoms with Crippen LogP contribution in [-0.4, -0.2) is 45.5 Å². The summed E-state index contributed by atoms with van der Waals surface area (Å²) in [5, 5.41) is 2.81. The third kappa shape index (κ3) is 4.35. The van der Waals surface area contributed by atoms with Gasteiger partial charge in [0, 0.05) is 25.2 Å². The topological polar surface area (TPSA) is 66.0 Å². The smallest absolute Gasteiger partial charge is 0.250 e. The predicted octanol–water partition coefficient (Wildman–Crippen LogP) is 2.01. The van der Waals surface area contributed by atoms with Crippen molar-refractivity contribution in [3.63, 3.8) is 0 Å². The normalized spacial score (nSPS) is 16.0. The Kier molecular flexibility index (Phi) is 6.03. The summed E-state index contributed by atoms with van der Waals surface area (Å²) in [6.45, 7) is 5.27. The number of benzene rings is 1. The van der Waals surface area contributed by atoms with Crippen LogP contribution in [0.5, 0.6) is 11.5 Å². The monoisotopic (exact) mass is 309 g/mol. The molecule has 0 bridgehead atoms. The van der Waals surface area contributed by atoms with Crippen molar-refractivity contribution in [2.24, 2.45) is 0 Å². The number of carbonyl (C=O) groups excluding carboxylic acids is 1. The number of hydrogen-bond acceptors (Lipinski definition) is 5. The lowest BCUT2D eigenvalue weighted by molar-refractivity contribution is -0.121. The lowest BCUT2D eigenvalue weighted by Gasteiger charge is -2.13. The summed E-state index contributed by atoms with van der Waals surface area (Å²) >= 11 is 0. The van der Waals surface area contributed by atoms with Gasteiger partial charge in [0.05, 0.1) is 25.5 Å². The second-order valence-electron chi connectivity index (χ2n) is 5.12. The lowest BCUT2D eigenvalue weighted by atomic mass is 10.1. The van der Waals surface area contributed by atoms with Crippen molar-refractivity contribution in [1.29, 1.82) is 0 Å². The first-order valence-electron chi connectivity index (χ1n) is 7.47. The summed E-state index contributed by atoms with van der Waals surface area (Å²) < 4.78 is 21.4. The Morgan fingerprint density at radius 3 is 2.95 bits per heavy atom. The SMILES string of the molecule is CCOc1cc2c(cc1NC(=O)COCCOC)O[C@@H](C)C2. The molecule has 1 aliphatic rings. The minimum atomic E-state index is -0.233. The fourth-order valence-corrected chi connectivity index (χ4v) is 2.31. The van der Waals surface area contributed by atoms with Gasteiger partial charge in [-0.2, -0.15) is 0 Å². The van der Waals surface area contributed by atoms with Gasteiger partial charge < -0.3 is 24.3 Å². The van der Waals surface area contributed by atoms with Crippen LogP contribution in [0.15, 0.2) is 12.1 Å². The predicted molar refractivity (Wildman–Crippen MR) is 82.7 cm³/mol. The molecule has 1 atom stereocenters. The molecule has 0 fully saturated rings. The largest absolute Gasteiger partial charge is 0.492 e. The Morgan fingerprint density at radius 1 is 1.41 bits per heavy atom. The number of carbonyl (C=O) groups is 1. The summed E-state index contributed by atoms with van der Waals surface area (Å²) in [4.78, 5) is 11.9. The Labute approximate surface area is 130 Å². The maximum absolute atomic E-state index is 11.9. The van der Waals surface area contributed by atoms with Crippen molar-refractivity contribution >= 4 is 11.6 Å². The molecule has 0 unspecified atom stereocenters. The third-order valence-corrected chi connectivity index (χ3v) is 3.24. The summed E-state index contributed by atoms with van der Waals surface area (Å²) in [6.07, 6.45) is 0.997. The molecule has 0 radical (unpaired) electrons. The first kappa shape index (κ1) is 16.6. The van der Waals surface area contributed by atoms with Gasteiger partial charge in [0.1, 0.15) is 24.2 Å². The highest BCUT2D eigenvalue weighted by Crippen LogP contribution is 2.37. The van der Waals surface area contributed by atoms with E-state index in [2.05, 4.69) is 5.32 Å². The average Bonchev–Trinajstić information content (AvgIpc) is 2.83. The molecule has 0 saturated carbocycles. The standard InChI is InChI=1S/C16H23NO5/c1-4-21-15-8-12-7-11(2)22-14(12)9-13(15)17-16(18)10-20-6-5-19-3/h8-9,11H,4-7,10H2,1-3H3,(H,17,18)/t11-/m0/s1. The number of fused-ring (bicyclic) bond motifs is 1. The van der Waals surface area contributed by atoms with Crippen molar-refractivity contribution in [3.05, 3.63) is 17.7 Å². The molecule has 1 aromatic rings. The number of anilines is 1. The molecule has 6 heteroatoms. The number of methoxy groups -OCH3 is 1. The van der Waals surface area contributed by atoms with Gasteiger partial charge in [-0.1, -0.05) is 0 Å². The van der Waals surface area contributed by atoms with Crippen molar-refractivity contribution < 1.29 is 23.7 Å². The molecule has 1 N–H and O–H groups in total. The molecular formula is C16H23NO5. The van der Waals surface area contributed by atoms with Gasteiger partial charge in [-0.3, -0.25) is 4.79 Å². The van der Waals surface area contributed by atoms with E-state index in [1.807, 2.05) is 26.0 Å². The van der Waals surface area contributed by atoms with Crippen LogP contribution in [-0.2, 0) is 20.7 Å². The number of rotatable bonds is 8. The maximum Gasteiger partial charge on any atom is 0.250 e. The summed E-state index contributed by atoms with van der Waals surface area (Å²) in [7, 11) is 1.59. The Balaban J connectivity index is 2.02. The molecule has 1 heterocycles. The molecule has 1 aliphatic heterocycles. The van der Waals surface area contributed by atoms with Gasteiger partial charge in [-0.15, -0.1) is 0 Å². The second kappa shape index (κ2) is 8.00. The molecule has 6 nitrogen and oxygen atoms in total. The van der Waals surface area contributed by atoms with Gasteiger partial charge >= 0.3 is 0 Å². The van der Waals surface area contributed by atoms with Crippen molar-refractivity contribution in [2.45, 2.75) is 26.4 Å². The van der Waals surface area contributed by atoms with Gasteiger partial charge in [0.2, 0.25) is 5.91 Å². The second-order valence-corrected chi connectivity index (χ2v) is 5.12. The zero-order valence-corrected chi connectivity index (χ0v) is 13.3. The maximum atomic E-state index is 11.9. The zero-order chi connectivity index (χ0) is 15.9. The van der Waals surface area contributed by atoms with Crippen LogP contribution in [0.1, 0.15) is 19.4 Å².